The second kappa shape index (κ2) is 4.69. The van der Waals surface area contributed by atoms with E-state index in [1.807, 2.05) is 16.9 Å². The summed E-state index contributed by atoms with van der Waals surface area (Å²) >= 11 is 0. The molecule has 0 saturated heterocycles. The van der Waals surface area contributed by atoms with Gasteiger partial charge in [0.1, 0.15) is 0 Å². The van der Waals surface area contributed by atoms with Crippen molar-refractivity contribution in [2.24, 2.45) is 5.41 Å². The largest absolute Gasteiger partial charge is 0.389 e. The van der Waals surface area contributed by atoms with Crippen LogP contribution in [-0.2, 0) is 6.42 Å². The molecule has 3 nitrogen and oxygen atoms in total. The third-order valence-electron chi connectivity index (χ3n) is 4.57. The predicted octanol–water partition coefficient (Wildman–Crippen LogP) is 3.34. The molecule has 18 heavy (non-hydrogen) atoms. The summed E-state index contributed by atoms with van der Waals surface area (Å²) < 4.78 is 1.97. The molecule has 1 heterocycles. The lowest BCUT2D eigenvalue weighted by Crippen LogP contribution is -2.48. The summed E-state index contributed by atoms with van der Waals surface area (Å²) in [6.07, 6.45) is 7.06. The number of hydrogen-bond donors (Lipinski definition) is 1. The Morgan fingerprint density at radius 1 is 1.33 bits per heavy atom. The molecule has 102 valence electrons. The molecule has 1 atom stereocenters. The number of rotatable bonds is 3. The fraction of sp³-hybridized carbons (Fsp3) is 0.800. The Balaban J connectivity index is 2.15. The molecule has 0 bridgehead atoms. The average Bonchev–Trinajstić information content (AvgIpc) is 2.71. The van der Waals surface area contributed by atoms with Gasteiger partial charge in [0.05, 0.1) is 11.3 Å². The highest BCUT2D eigenvalue weighted by atomic mass is 16.3. The van der Waals surface area contributed by atoms with Gasteiger partial charge in [-0.3, -0.25) is 4.68 Å². The fourth-order valence-electron chi connectivity index (χ4n) is 2.94. The number of hydrogen-bond acceptors (Lipinski definition) is 2. The van der Waals surface area contributed by atoms with Crippen LogP contribution in [0.25, 0.3) is 0 Å². The Kier molecular flexibility index (Phi) is 3.54. The van der Waals surface area contributed by atoms with E-state index in [1.165, 1.54) is 6.42 Å². The molecule has 0 spiro atoms. The van der Waals surface area contributed by atoms with Crippen molar-refractivity contribution in [3.8, 4) is 0 Å². The van der Waals surface area contributed by atoms with Crippen molar-refractivity contribution in [3.63, 3.8) is 0 Å². The van der Waals surface area contributed by atoms with Crippen molar-refractivity contribution in [2.75, 3.05) is 0 Å². The molecule has 0 radical (unpaired) electrons. The van der Waals surface area contributed by atoms with E-state index >= 15 is 0 Å². The van der Waals surface area contributed by atoms with Gasteiger partial charge in [-0.15, -0.1) is 0 Å². The molecule has 0 aliphatic heterocycles. The van der Waals surface area contributed by atoms with Crippen LogP contribution in [0.5, 0.6) is 0 Å². The summed E-state index contributed by atoms with van der Waals surface area (Å²) in [6, 6.07) is 2.43. The molecule has 1 unspecified atom stereocenters. The topological polar surface area (TPSA) is 38.0 Å². The normalized spacial score (nSPS) is 27.7. The molecule has 1 fully saturated rings. The first-order chi connectivity index (χ1) is 8.34. The molecule has 1 saturated carbocycles. The van der Waals surface area contributed by atoms with E-state index in [2.05, 4.69) is 32.8 Å². The summed E-state index contributed by atoms with van der Waals surface area (Å²) in [7, 11) is 0. The zero-order valence-electron chi connectivity index (χ0n) is 12.1. The van der Waals surface area contributed by atoms with Gasteiger partial charge in [0.25, 0.3) is 0 Å². The van der Waals surface area contributed by atoms with Crippen LogP contribution in [0.3, 0.4) is 0 Å². The van der Waals surface area contributed by atoms with Gasteiger partial charge in [-0.2, -0.15) is 5.10 Å². The standard InChI is InChI=1S/C15H26N2O/c1-12(2)17-10-7-13(16-17)11-15(18)9-6-5-8-14(15,3)4/h7,10,12,18H,5-6,8-9,11H2,1-4H3. The number of aromatic nitrogens is 2. The molecule has 2 rings (SSSR count). The van der Waals surface area contributed by atoms with Gasteiger partial charge in [0, 0.05) is 18.7 Å². The Labute approximate surface area is 110 Å². The van der Waals surface area contributed by atoms with Crippen LogP contribution in [0.1, 0.15) is 65.1 Å². The Bertz CT molecular complexity index is 408. The van der Waals surface area contributed by atoms with Crippen LogP contribution >= 0.6 is 0 Å². The molecule has 0 amide bonds. The SMILES string of the molecule is CC(C)n1ccc(CC2(O)CCCCC2(C)C)n1. The summed E-state index contributed by atoms with van der Waals surface area (Å²) in [5.41, 5.74) is 0.412. The van der Waals surface area contributed by atoms with Crippen molar-refractivity contribution in [1.29, 1.82) is 0 Å². The van der Waals surface area contributed by atoms with Gasteiger partial charge >= 0.3 is 0 Å². The minimum atomic E-state index is -0.596. The highest BCUT2D eigenvalue weighted by Gasteiger charge is 2.45. The van der Waals surface area contributed by atoms with E-state index in [1.54, 1.807) is 0 Å². The van der Waals surface area contributed by atoms with Gasteiger partial charge in [0.15, 0.2) is 0 Å². The lowest BCUT2D eigenvalue weighted by atomic mass is 9.64. The van der Waals surface area contributed by atoms with E-state index in [9.17, 15) is 5.11 Å². The van der Waals surface area contributed by atoms with E-state index < -0.39 is 5.60 Å². The lowest BCUT2D eigenvalue weighted by Gasteiger charge is -2.46. The van der Waals surface area contributed by atoms with Gasteiger partial charge in [0.2, 0.25) is 0 Å². The molecule has 3 heteroatoms. The lowest BCUT2D eigenvalue weighted by molar-refractivity contribution is -0.0964. The van der Waals surface area contributed by atoms with Crippen molar-refractivity contribution in [1.82, 2.24) is 9.78 Å². The van der Waals surface area contributed by atoms with Gasteiger partial charge in [-0.25, -0.2) is 0 Å². The molecule has 0 aromatic carbocycles. The third-order valence-corrected chi connectivity index (χ3v) is 4.57. The maximum Gasteiger partial charge on any atom is 0.0754 e. The zero-order chi connectivity index (χ0) is 13.4. The van der Waals surface area contributed by atoms with Crippen LogP contribution in [0.4, 0.5) is 0 Å². The van der Waals surface area contributed by atoms with Crippen LogP contribution in [0, 0.1) is 5.41 Å². The van der Waals surface area contributed by atoms with Crippen LogP contribution in [0.15, 0.2) is 12.3 Å². The van der Waals surface area contributed by atoms with Crippen molar-refractivity contribution < 1.29 is 5.11 Å². The predicted molar refractivity (Wildman–Crippen MR) is 73.5 cm³/mol. The van der Waals surface area contributed by atoms with Crippen molar-refractivity contribution >= 4 is 0 Å². The zero-order valence-corrected chi connectivity index (χ0v) is 12.1. The summed E-state index contributed by atoms with van der Waals surface area (Å²) in [5, 5.41) is 15.5. The first kappa shape index (κ1) is 13.6. The van der Waals surface area contributed by atoms with Crippen LogP contribution in [0.2, 0.25) is 0 Å². The maximum atomic E-state index is 11.0. The van der Waals surface area contributed by atoms with Crippen LogP contribution in [-0.4, -0.2) is 20.5 Å². The quantitative estimate of drug-likeness (QED) is 0.893. The Morgan fingerprint density at radius 2 is 2.00 bits per heavy atom. The Hall–Kier alpha value is -0.830. The Morgan fingerprint density at radius 3 is 2.56 bits per heavy atom. The molecule has 1 N–H and O–H groups in total. The van der Waals surface area contributed by atoms with E-state index in [0.29, 0.717) is 12.5 Å². The monoisotopic (exact) mass is 250 g/mol. The fourth-order valence-corrected chi connectivity index (χ4v) is 2.94. The summed E-state index contributed by atoms with van der Waals surface area (Å²) in [5.74, 6) is 0. The first-order valence-corrected chi connectivity index (χ1v) is 7.10. The minimum Gasteiger partial charge on any atom is -0.389 e. The molecule has 1 aromatic heterocycles. The van der Waals surface area contributed by atoms with Crippen molar-refractivity contribution in [2.45, 2.75) is 71.4 Å². The van der Waals surface area contributed by atoms with Crippen molar-refractivity contribution in [3.05, 3.63) is 18.0 Å². The summed E-state index contributed by atoms with van der Waals surface area (Å²) in [4.78, 5) is 0. The summed E-state index contributed by atoms with van der Waals surface area (Å²) in [6.45, 7) is 8.61. The van der Waals surface area contributed by atoms with Gasteiger partial charge in [-0.1, -0.05) is 26.7 Å². The maximum absolute atomic E-state index is 11.0. The highest BCUT2D eigenvalue weighted by molar-refractivity contribution is 5.09. The van der Waals surface area contributed by atoms with Crippen LogP contribution < -0.4 is 0 Å². The molecule has 1 aromatic rings. The molecule has 1 aliphatic carbocycles. The molecular formula is C15H26N2O. The molecule has 1 aliphatic rings. The van der Waals surface area contributed by atoms with Gasteiger partial charge < -0.3 is 5.11 Å². The smallest absolute Gasteiger partial charge is 0.0754 e. The number of nitrogens with zero attached hydrogens (tertiary/aromatic N) is 2. The second-order valence-electron chi connectivity index (χ2n) is 6.68. The second-order valence-corrected chi connectivity index (χ2v) is 6.68. The minimum absolute atomic E-state index is 0.00708. The van der Waals surface area contributed by atoms with E-state index in [-0.39, 0.29) is 5.41 Å². The van der Waals surface area contributed by atoms with E-state index in [0.717, 1.165) is 25.0 Å². The van der Waals surface area contributed by atoms with Gasteiger partial charge in [-0.05, 0) is 38.2 Å². The number of aliphatic hydroxyl groups is 1. The third kappa shape index (κ3) is 2.46. The highest BCUT2D eigenvalue weighted by Crippen LogP contribution is 2.45. The average molecular weight is 250 g/mol. The first-order valence-electron chi connectivity index (χ1n) is 7.10. The molecular weight excluding hydrogens is 224 g/mol. The van der Waals surface area contributed by atoms with E-state index in [4.69, 9.17) is 0 Å².